The quantitative estimate of drug-likeness (QED) is 0.800. The molecule has 2 aliphatic rings. The van der Waals surface area contributed by atoms with Crippen LogP contribution in [0.2, 0.25) is 0 Å². The van der Waals surface area contributed by atoms with Crippen LogP contribution in [0, 0.1) is 0 Å². The molecule has 0 N–H and O–H groups in total. The highest BCUT2D eigenvalue weighted by atomic mass is 16.5. The molecule has 0 spiro atoms. The van der Waals surface area contributed by atoms with Gasteiger partial charge in [-0.15, -0.1) is 0 Å². The molecule has 1 amide bonds. The van der Waals surface area contributed by atoms with E-state index in [1.807, 2.05) is 0 Å². The van der Waals surface area contributed by atoms with Crippen molar-refractivity contribution < 1.29 is 9.53 Å². The monoisotopic (exact) mass is 378 g/mol. The predicted octanol–water partition coefficient (Wildman–Crippen LogP) is 3.32. The number of rotatable bonds is 5. The van der Waals surface area contributed by atoms with Gasteiger partial charge in [0.05, 0.1) is 13.2 Å². The number of likely N-dealkylation sites (tertiary alicyclic amines) is 1. The zero-order valence-electron chi connectivity index (χ0n) is 16.7. The number of amides is 1. The molecule has 0 aromatic heterocycles. The lowest BCUT2D eigenvalue weighted by Crippen LogP contribution is -2.54. The molecule has 148 valence electrons. The van der Waals surface area contributed by atoms with Gasteiger partial charge in [0.1, 0.15) is 0 Å². The topological polar surface area (TPSA) is 32.8 Å². The van der Waals surface area contributed by atoms with Crippen LogP contribution in [0.1, 0.15) is 30.9 Å². The smallest absolute Gasteiger partial charge is 0.222 e. The normalized spacial score (nSPS) is 21.5. The summed E-state index contributed by atoms with van der Waals surface area (Å²) in [4.78, 5) is 17.4. The van der Waals surface area contributed by atoms with Gasteiger partial charge in [0.15, 0.2) is 0 Å². The predicted molar refractivity (Wildman–Crippen MR) is 111 cm³/mol. The molecule has 2 fully saturated rings. The fourth-order valence-corrected chi connectivity index (χ4v) is 4.74. The van der Waals surface area contributed by atoms with Crippen molar-refractivity contribution in [3.8, 4) is 0 Å². The Labute approximate surface area is 168 Å². The Morgan fingerprint density at radius 2 is 1.54 bits per heavy atom. The van der Waals surface area contributed by atoms with Gasteiger partial charge in [-0.3, -0.25) is 9.69 Å². The molecule has 28 heavy (non-hydrogen) atoms. The molecule has 2 saturated heterocycles. The van der Waals surface area contributed by atoms with Crippen LogP contribution in [0.3, 0.4) is 0 Å². The molecule has 2 heterocycles. The van der Waals surface area contributed by atoms with Crippen LogP contribution >= 0.6 is 0 Å². The number of piperidine rings is 1. The lowest BCUT2D eigenvalue weighted by atomic mass is 9.69. The highest BCUT2D eigenvalue weighted by Crippen LogP contribution is 2.40. The summed E-state index contributed by atoms with van der Waals surface area (Å²) in [5, 5.41) is 0. The summed E-state index contributed by atoms with van der Waals surface area (Å²) in [6, 6.07) is 21.8. The van der Waals surface area contributed by atoms with E-state index in [1.54, 1.807) is 0 Å². The molecule has 0 bridgehead atoms. The fraction of sp³-hybridized carbons (Fsp3) is 0.458. The Bertz CT molecular complexity index is 732. The Morgan fingerprint density at radius 3 is 2.11 bits per heavy atom. The van der Waals surface area contributed by atoms with Gasteiger partial charge in [-0.2, -0.15) is 0 Å². The molecule has 2 aliphatic heterocycles. The summed E-state index contributed by atoms with van der Waals surface area (Å²) in [7, 11) is 0. The molecule has 0 aliphatic carbocycles. The van der Waals surface area contributed by atoms with Crippen LogP contribution in [-0.2, 0) is 14.9 Å². The van der Waals surface area contributed by atoms with Crippen molar-refractivity contribution in [3.63, 3.8) is 0 Å². The average molecular weight is 379 g/mol. The van der Waals surface area contributed by atoms with E-state index in [0.717, 1.165) is 45.8 Å². The third-order valence-corrected chi connectivity index (χ3v) is 6.39. The first-order valence-corrected chi connectivity index (χ1v) is 10.4. The van der Waals surface area contributed by atoms with Crippen molar-refractivity contribution in [1.82, 2.24) is 9.80 Å². The summed E-state index contributed by atoms with van der Waals surface area (Å²) in [5.74, 6) is 0.280. The molecule has 4 nitrogen and oxygen atoms in total. The van der Waals surface area contributed by atoms with Crippen LogP contribution in [0.4, 0.5) is 0 Å². The number of carbonyl (C=O) groups excluding carboxylic acids is 1. The first-order valence-electron chi connectivity index (χ1n) is 10.4. The van der Waals surface area contributed by atoms with E-state index in [-0.39, 0.29) is 11.3 Å². The van der Waals surface area contributed by atoms with E-state index in [9.17, 15) is 4.79 Å². The van der Waals surface area contributed by atoms with E-state index in [4.69, 9.17) is 4.74 Å². The molecule has 2 aromatic rings. The van der Waals surface area contributed by atoms with Crippen LogP contribution in [0.15, 0.2) is 60.7 Å². The van der Waals surface area contributed by atoms with Crippen molar-refractivity contribution in [2.24, 2.45) is 0 Å². The molecule has 4 heteroatoms. The lowest BCUT2D eigenvalue weighted by molar-refractivity contribution is -0.136. The Hall–Kier alpha value is -2.17. The van der Waals surface area contributed by atoms with Crippen LogP contribution in [0.5, 0.6) is 0 Å². The summed E-state index contributed by atoms with van der Waals surface area (Å²) in [5.41, 5.74) is 2.47. The first-order chi connectivity index (χ1) is 13.7. The second-order valence-corrected chi connectivity index (χ2v) is 8.09. The minimum atomic E-state index is -0.138. The summed E-state index contributed by atoms with van der Waals surface area (Å²) in [6.07, 6.45) is 1.46. The van der Waals surface area contributed by atoms with Gasteiger partial charge in [0, 0.05) is 44.1 Å². The maximum absolute atomic E-state index is 12.8. The second kappa shape index (κ2) is 8.46. The summed E-state index contributed by atoms with van der Waals surface area (Å²) in [6.45, 7) is 7.23. The van der Waals surface area contributed by atoms with E-state index < -0.39 is 0 Å². The van der Waals surface area contributed by atoms with Gasteiger partial charge in [0.25, 0.3) is 0 Å². The van der Waals surface area contributed by atoms with Gasteiger partial charge in [-0.05, 0) is 24.5 Å². The number of morpholine rings is 1. The molecule has 4 rings (SSSR count). The number of nitrogens with zero attached hydrogens (tertiary/aromatic N) is 2. The van der Waals surface area contributed by atoms with Crippen molar-refractivity contribution in [3.05, 3.63) is 71.8 Å². The van der Waals surface area contributed by atoms with E-state index in [2.05, 4.69) is 77.4 Å². The highest BCUT2D eigenvalue weighted by molar-refractivity contribution is 5.78. The first kappa shape index (κ1) is 19.2. The SMILES string of the molecule is CC(CN1CC(c2ccccc2)(c2ccccc2)CCC1=O)N1CCOCC1. The molecule has 0 saturated carbocycles. The van der Waals surface area contributed by atoms with E-state index in [0.29, 0.717) is 12.5 Å². The number of hydrogen-bond donors (Lipinski definition) is 0. The third-order valence-electron chi connectivity index (χ3n) is 6.39. The lowest BCUT2D eigenvalue weighted by Gasteiger charge is -2.45. The van der Waals surface area contributed by atoms with Crippen LogP contribution in [0.25, 0.3) is 0 Å². The number of benzene rings is 2. The van der Waals surface area contributed by atoms with Gasteiger partial charge in [-0.25, -0.2) is 0 Å². The molecular weight excluding hydrogens is 348 g/mol. The summed E-state index contributed by atoms with van der Waals surface area (Å²) < 4.78 is 5.49. The Balaban J connectivity index is 1.61. The fourth-order valence-electron chi connectivity index (χ4n) is 4.74. The van der Waals surface area contributed by atoms with Gasteiger partial charge < -0.3 is 9.64 Å². The van der Waals surface area contributed by atoms with Crippen LogP contribution < -0.4 is 0 Å². The number of carbonyl (C=O) groups is 1. The number of hydrogen-bond acceptors (Lipinski definition) is 3. The Morgan fingerprint density at radius 1 is 0.964 bits per heavy atom. The maximum Gasteiger partial charge on any atom is 0.222 e. The molecule has 2 aromatic carbocycles. The standard InChI is InChI=1S/C24H30N2O2/c1-20(25-14-16-28-17-15-25)18-26-19-24(13-12-23(26)27,21-8-4-2-5-9-21)22-10-6-3-7-11-22/h2-11,20H,12-19H2,1H3. The van der Waals surface area contributed by atoms with Crippen LogP contribution in [-0.4, -0.2) is 61.1 Å². The zero-order chi connectivity index (χ0) is 19.4. The van der Waals surface area contributed by atoms with Gasteiger partial charge >= 0.3 is 0 Å². The second-order valence-electron chi connectivity index (χ2n) is 8.09. The van der Waals surface area contributed by atoms with E-state index in [1.165, 1.54) is 11.1 Å². The third kappa shape index (κ3) is 3.85. The highest BCUT2D eigenvalue weighted by Gasteiger charge is 2.42. The van der Waals surface area contributed by atoms with Gasteiger partial charge in [-0.1, -0.05) is 60.7 Å². The number of ether oxygens (including phenoxy) is 1. The minimum Gasteiger partial charge on any atom is -0.379 e. The molecule has 1 unspecified atom stereocenters. The molecule has 1 atom stereocenters. The largest absolute Gasteiger partial charge is 0.379 e. The zero-order valence-corrected chi connectivity index (χ0v) is 16.7. The summed E-state index contributed by atoms with van der Waals surface area (Å²) >= 11 is 0. The maximum atomic E-state index is 12.8. The van der Waals surface area contributed by atoms with Crippen molar-refractivity contribution in [1.29, 1.82) is 0 Å². The molecular formula is C24H30N2O2. The Kier molecular flexibility index (Phi) is 5.79. The average Bonchev–Trinajstić information content (AvgIpc) is 2.77. The van der Waals surface area contributed by atoms with Crippen molar-refractivity contribution >= 4 is 5.91 Å². The van der Waals surface area contributed by atoms with Gasteiger partial charge in [0.2, 0.25) is 5.91 Å². The minimum absolute atomic E-state index is 0.138. The van der Waals surface area contributed by atoms with Crippen molar-refractivity contribution in [2.45, 2.75) is 31.2 Å². The molecule has 0 radical (unpaired) electrons. The van der Waals surface area contributed by atoms with Crippen molar-refractivity contribution in [2.75, 3.05) is 39.4 Å². The van der Waals surface area contributed by atoms with E-state index >= 15 is 0 Å².